The fourth-order valence-corrected chi connectivity index (χ4v) is 1.76. The molecule has 0 bridgehead atoms. The Morgan fingerprint density at radius 1 is 1.25 bits per heavy atom. The van der Waals surface area contributed by atoms with E-state index in [4.69, 9.17) is 10.5 Å². The normalized spacial score (nSPS) is 10.3. The molecule has 0 saturated heterocycles. The Hall–Kier alpha value is -2.70. The number of aromatic nitrogens is 2. The molecule has 2 N–H and O–H groups in total. The Balaban J connectivity index is 2.53. The molecule has 0 aliphatic heterocycles. The van der Waals surface area contributed by atoms with Crippen molar-refractivity contribution in [3.63, 3.8) is 0 Å². The second-order valence-corrected chi connectivity index (χ2v) is 4.45. The summed E-state index contributed by atoms with van der Waals surface area (Å²) in [5.41, 5.74) is 7.24. The molecular formula is C13H14N4O3. The molecule has 1 heterocycles. The van der Waals surface area contributed by atoms with Gasteiger partial charge in [-0.25, -0.2) is 4.98 Å². The lowest BCUT2D eigenvalue weighted by Gasteiger charge is -2.10. The molecule has 104 valence electrons. The highest BCUT2D eigenvalue weighted by Gasteiger charge is 2.24. The first kappa shape index (κ1) is 13.7. The average Bonchev–Trinajstić information content (AvgIpc) is 2.32. The van der Waals surface area contributed by atoms with Crippen LogP contribution in [0.2, 0.25) is 0 Å². The predicted octanol–water partition coefficient (Wildman–Crippen LogP) is 2.68. The molecule has 0 atom stereocenters. The first-order chi connectivity index (χ1) is 9.38. The van der Waals surface area contributed by atoms with Gasteiger partial charge in [0.05, 0.1) is 4.92 Å². The van der Waals surface area contributed by atoms with Crippen molar-refractivity contribution in [2.24, 2.45) is 0 Å². The van der Waals surface area contributed by atoms with Gasteiger partial charge in [-0.15, -0.1) is 0 Å². The minimum Gasteiger partial charge on any atom is -0.433 e. The predicted molar refractivity (Wildman–Crippen MR) is 73.8 cm³/mol. The molecule has 7 heteroatoms. The first-order valence-corrected chi connectivity index (χ1v) is 5.92. The molecule has 0 radical (unpaired) electrons. The van der Waals surface area contributed by atoms with Crippen molar-refractivity contribution in [2.75, 3.05) is 5.73 Å². The maximum atomic E-state index is 11.1. The molecule has 1 aromatic heterocycles. The number of hydrogen-bond donors (Lipinski definition) is 1. The van der Waals surface area contributed by atoms with Crippen LogP contribution in [0.15, 0.2) is 18.2 Å². The van der Waals surface area contributed by atoms with E-state index in [1.54, 1.807) is 6.07 Å². The molecule has 2 rings (SSSR count). The zero-order valence-corrected chi connectivity index (χ0v) is 11.4. The van der Waals surface area contributed by atoms with E-state index < -0.39 is 4.92 Å². The smallest absolute Gasteiger partial charge is 0.352 e. The summed E-state index contributed by atoms with van der Waals surface area (Å²) in [6.07, 6.45) is 0. The van der Waals surface area contributed by atoms with E-state index in [9.17, 15) is 10.1 Å². The number of anilines is 1. The van der Waals surface area contributed by atoms with Crippen LogP contribution in [0.3, 0.4) is 0 Å². The van der Waals surface area contributed by atoms with Crippen molar-refractivity contribution in [2.45, 2.75) is 20.8 Å². The molecule has 2 aromatic rings. The Bertz CT molecular complexity index is 686. The molecule has 20 heavy (non-hydrogen) atoms. The monoisotopic (exact) mass is 274 g/mol. The summed E-state index contributed by atoms with van der Waals surface area (Å²) in [6, 6.07) is 5.58. The highest BCUT2D eigenvalue weighted by Crippen LogP contribution is 2.33. The largest absolute Gasteiger partial charge is 0.433 e. The third-order valence-electron chi connectivity index (χ3n) is 2.78. The second kappa shape index (κ2) is 5.12. The molecule has 0 amide bonds. The zero-order chi connectivity index (χ0) is 14.9. The van der Waals surface area contributed by atoms with Crippen molar-refractivity contribution in [3.05, 3.63) is 45.1 Å². The van der Waals surface area contributed by atoms with Crippen molar-refractivity contribution >= 4 is 11.6 Å². The van der Waals surface area contributed by atoms with Crippen LogP contribution in [0, 0.1) is 30.9 Å². The third kappa shape index (κ3) is 2.66. The molecule has 0 aliphatic carbocycles. The number of nitro groups is 1. The fourth-order valence-electron chi connectivity index (χ4n) is 1.76. The van der Waals surface area contributed by atoms with Gasteiger partial charge in [-0.3, -0.25) is 10.1 Å². The summed E-state index contributed by atoms with van der Waals surface area (Å²) < 4.78 is 5.57. The van der Waals surface area contributed by atoms with Gasteiger partial charge in [0.15, 0.2) is 0 Å². The number of nitrogens with two attached hydrogens (primary N) is 1. The van der Waals surface area contributed by atoms with E-state index in [1.807, 2.05) is 26.0 Å². The summed E-state index contributed by atoms with van der Waals surface area (Å²) in [7, 11) is 0. The van der Waals surface area contributed by atoms with E-state index in [2.05, 4.69) is 9.97 Å². The van der Waals surface area contributed by atoms with Gasteiger partial charge in [-0.1, -0.05) is 12.1 Å². The molecule has 0 fully saturated rings. The summed E-state index contributed by atoms with van der Waals surface area (Å²) in [4.78, 5) is 18.1. The topological polar surface area (TPSA) is 104 Å². The summed E-state index contributed by atoms with van der Waals surface area (Å²) in [5.74, 6) is 0.299. The number of nitrogen functional groups attached to an aromatic ring is 1. The number of nitrogens with zero attached hydrogens (tertiary/aromatic N) is 3. The van der Waals surface area contributed by atoms with Crippen LogP contribution in [0.5, 0.6) is 11.6 Å². The Kier molecular flexibility index (Phi) is 3.51. The highest BCUT2D eigenvalue weighted by atomic mass is 16.6. The number of ether oxygens (including phenoxy) is 1. The van der Waals surface area contributed by atoms with Crippen molar-refractivity contribution in [1.29, 1.82) is 0 Å². The van der Waals surface area contributed by atoms with Crippen LogP contribution in [-0.2, 0) is 0 Å². The molecule has 0 saturated carbocycles. The van der Waals surface area contributed by atoms with E-state index in [1.165, 1.54) is 6.92 Å². The standard InChI is InChI=1S/C13H14N4O3/c1-7-4-5-8(2)10(6-7)20-12-11(17(18)19)9(3)15-13(14)16-12/h4-6H,1-3H3,(H2,14,15,16). The number of hydrogen-bond acceptors (Lipinski definition) is 6. The van der Waals surface area contributed by atoms with Crippen molar-refractivity contribution in [3.8, 4) is 11.6 Å². The average molecular weight is 274 g/mol. The molecule has 0 unspecified atom stereocenters. The van der Waals surface area contributed by atoms with Crippen LogP contribution in [0.1, 0.15) is 16.8 Å². The molecule has 0 spiro atoms. The lowest BCUT2D eigenvalue weighted by molar-refractivity contribution is -0.386. The van der Waals surface area contributed by atoms with Crippen LogP contribution in [-0.4, -0.2) is 14.9 Å². The Morgan fingerprint density at radius 2 is 1.95 bits per heavy atom. The fraction of sp³-hybridized carbons (Fsp3) is 0.231. The van der Waals surface area contributed by atoms with Gasteiger partial charge in [0.1, 0.15) is 11.4 Å². The van der Waals surface area contributed by atoms with Gasteiger partial charge in [0.25, 0.3) is 0 Å². The molecular weight excluding hydrogens is 260 g/mol. The van der Waals surface area contributed by atoms with Gasteiger partial charge in [0.2, 0.25) is 5.95 Å². The van der Waals surface area contributed by atoms with Gasteiger partial charge in [0, 0.05) is 0 Å². The Morgan fingerprint density at radius 3 is 2.60 bits per heavy atom. The quantitative estimate of drug-likeness (QED) is 0.681. The van der Waals surface area contributed by atoms with Crippen LogP contribution in [0.25, 0.3) is 0 Å². The minimum atomic E-state index is -0.574. The zero-order valence-electron chi connectivity index (χ0n) is 11.4. The molecule has 7 nitrogen and oxygen atoms in total. The van der Waals surface area contributed by atoms with E-state index in [0.717, 1.165) is 11.1 Å². The van der Waals surface area contributed by atoms with Crippen molar-refractivity contribution in [1.82, 2.24) is 9.97 Å². The third-order valence-corrected chi connectivity index (χ3v) is 2.78. The van der Waals surface area contributed by atoms with Gasteiger partial charge in [-0.05, 0) is 38.0 Å². The van der Waals surface area contributed by atoms with Gasteiger partial charge >= 0.3 is 11.6 Å². The highest BCUT2D eigenvalue weighted by molar-refractivity contribution is 5.50. The van der Waals surface area contributed by atoms with Gasteiger partial charge < -0.3 is 10.5 Å². The summed E-state index contributed by atoms with van der Waals surface area (Å²) in [6.45, 7) is 5.24. The summed E-state index contributed by atoms with van der Waals surface area (Å²) in [5, 5.41) is 11.1. The maximum Gasteiger partial charge on any atom is 0.352 e. The Labute approximate surface area is 115 Å². The number of benzene rings is 1. The SMILES string of the molecule is Cc1ccc(C)c(Oc2nc(N)nc(C)c2[N+](=O)[O-])c1. The molecule has 1 aromatic carbocycles. The molecule has 0 aliphatic rings. The lowest BCUT2D eigenvalue weighted by atomic mass is 10.1. The number of rotatable bonds is 3. The van der Waals surface area contributed by atoms with E-state index in [-0.39, 0.29) is 23.2 Å². The van der Waals surface area contributed by atoms with Crippen molar-refractivity contribution < 1.29 is 9.66 Å². The first-order valence-electron chi connectivity index (χ1n) is 5.92. The van der Waals surface area contributed by atoms with Gasteiger partial charge in [-0.2, -0.15) is 4.98 Å². The minimum absolute atomic E-state index is 0.0617. The van der Waals surface area contributed by atoms with Crippen LogP contribution < -0.4 is 10.5 Å². The van der Waals surface area contributed by atoms with Crippen LogP contribution >= 0.6 is 0 Å². The van der Waals surface area contributed by atoms with E-state index >= 15 is 0 Å². The second-order valence-electron chi connectivity index (χ2n) is 4.45. The number of aryl methyl sites for hydroxylation is 3. The summed E-state index contributed by atoms with van der Waals surface area (Å²) >= 11 is 0. The van der Waals surface area contributed by atoms with Crippen LogP contribution in [0.4, 0.5) is 11.6 Å². The van der Waals surface area contributed by atoms with E-state index in [0.29, 0.717) is 5.75 Å². The lowest BCUT2D eigenvalue weighted by Crippen LogP contribution is -2.05. The maximum absolute atomic E-state index is 11.1.